The van der Waals surface area contributed by atoms with Crippen LogP contribution in [-0.4, -0.2) is 22.3 Å². The molecule has 0 atom stereocenters. The van der Waals surface area contributed by atoms with Crippen LogP contribution in [0.4, 0.5) is 11.6 Å². The second-order valence-electron chi connectivity index (χ2n) is 4.57. The number of H-pyrrole nitrogens is 1. The van der Waals surface area contributed by atoms with Crippen LogP contribution in [0.3, 0.4) is 0 Å². The Morgan fingerprint density at radius 3 is 2.71 bits per heavy atom. The van der Waals surface area contributed by atoms with Gasteiger partial charge >= 0.3 is 0 Å². The summed E-state index contributed by atoms with van der Waals surface area (Å²) in [5.41, 5.74) is 0.968. The van der Waals surface area contributed by atoms with E-state index in [2.05, 4.69) is 36.4 Å². The van der Waals surface area contributed by atoms with Crippen molar-refractivity contribution < 1.29 is 4.74 Å². The first-order valence-corrected chi connectivity index (χ1v) is 7.37. The number of fused-ring (bicyclic) bond motifs is 1. The van der Waals surface area contributed by atoms with E-state index in [1.165, 1.54) is 0 Å². The van der Waals surface area contributed by atoms with E-state index in [1.54, 1.807) is 7.11 Å². The smallest absolute Gasteiger partial charge is 0.153 e. The molecule has 5 nitrogen and oxygen atoms in total. The third-order valence-corrected chi connectivity index (χ3v) is 3.93. The Balaban J connectivity index is 2.06. The molecule has 0 aliphatic rings. The Morgan fingerprint density at radius 2 is 2.05 bits per heavy atom. The summed E-state index contributed by atoms with van der Waals surface area (Å²) >= 11 is 9.71. The maximum atomic E-state index is 6.26. The van der Waals surface area contributed by atoms with Crippen molar-refractivity contribution >= 4 is 49.9 Å². The van der Waals surface area contributed by atoms with Gasteiger partial charge in [-0.05, 0) is 46.4 Å². The number of hydrogen-bond donors (Lipinski definition) is 2. The van der Waals surface area contributed by atoms with E-state index in [0.29, 0.717) is 16.8 Å². The Labute approximate surface area is 134 Å². The zero-order chi connectivity index (χ0) is 15.0. The highest BCUT2D eigenvalue weighted by Gasteiger charge is 2.10. The lowest BCUT2D eigenvalue weighted by Gasteiger charge is -2.09. The number of nitrogens with zero attached hydrogens (tertiary/aromatic N) is 2. The molecule has 0 aliphatic heterocycles. The van der Waals surface area contributed by atoms with Gasteiger partial charge in [-0.2, -0.15) is 5.10 Å². The summed E-state index contributed by atoms with van der Waals surface area (Å²) in [7, 11) is 1.63. The van der Waals surface area contributed by atoms with Crippen molar-refractivity contribution in [1.82, 2.24) is 15.2 Å². The fourth-order valence-corrected chi connectivity index (χ4v) is 2.81. The van der Waals surface area contributed by atoms with Gasteiger partial charge in [0.2, 0.25) is 0 Å². The molecule has 108 valence electrons. The van der Waals surface area contributed by atoms with E-state index in [9.17, 15) is 0 Å². The Hall–Kier alpha value is -1.79. The summed E-state index contributed by atoms with van der Waals surface area (Å²) in [4.78, 5) is 4.34. The third kappa shape index (κ3) is 2.82. The van der Waals surface area contributed by atoms with Crippen LogP contribution < -0.4 is 10.1 Å². The molecule has 0 saturated carbocycles. The number of aryl methyl sites for hydroxylation is 1. The molecule has 2 aromatic heterocycles. The standard InChI is InChI=1S/C14H12BrClN4O/c1-7-3-13(20-19-7)17-12-5-8-4-11(21-2)10(15)6-9(8)14(16)18-12/h3-6H,1-2H3,(H2,17,18,19,20). The minimum Gasteiger partial charge on any atom is -0.496 e. The summed E-state index contributed by atoms with van der Waals surface area (Å²) in [6, 6.07) is 7.60. The fourth-order valence-electron chi connectivity index (χ4n) is 2.05. The van der Waals surface area contributed by atoms with Gasteiger partial charge in [0.05, 0.1) is 11.6 Å². The van der Waals surface area contributed by atoms with E-state index in [4.69, 9.17) is 16.3 Å². The maximum absolute atomic E-state index is 6.26. The van der Waals surface area contributed by atoms with Crippen molar-refractivity contribution in [2.24, 2.45) is 0 Å². The third-order valence-electron chi connectivity index (χ3n) is 3.02. The highest BCUT2D eigenvalue weighted by atomic mass is 79.9. The summed E-state index contributed by atoms with van der Waals surface area (Å²) in [6.45, 7) is 1.93. The molecule has 1 aromatic carbocycles. The van der Waals surface area contributed by atoms with Gasteiger partial charge in [0.25, 0.3) is 0 Å². The number of halogens is 2. The molecule has 2 heterocycles. The number of pyridine rings is 1. The summed E-state index contributed by atoms with van der Waals surface area (Å²) in [5.74, 6) is 2.06. The van der Waals surface area contributed by atoms with E-state index in [1.807, 2.05) is 31.2 Å². The molecule has 0 spiro atoms. The molecule has 3 rings (SSSR count). The second kappa shape index (κ2) is 5.54. The van der Waals surface area contributed by atoms with Crippen LogP contribution in [0.2, 0.25) is 5.15 Å². The quantitative estimate of drug-likeness (QED) is 0.672. The lowest BCUT2D eigenvalue weighted by molar-refractivity contribution is 0.413. The van der Waals surface area contributed by atoms with Crippen LogP contribution in [0.5, 0.6) is 5.75 Å². The summed E-state index contributed by atoms with van der Waals surface area (Å²) in [5, 5.41) is 12.3. The average molecular weight is 368 g/mol. The fraction of sp³-hybridized carbons (Fsp3) is 0.143. The van der Waals surface area contributed by atoms with Gasteiger partial charge < -0.3 is 10.1 Å². The van der Waals surface area contributed by atoms with Gasteiger partial charge in [0, 0.05) is 17.1 Å². The number of aromatic nitrogens is 3. The van der Waals surface area contributed by atoms with Crippen LogP contribution in [-0.2, 0) is 0 Å². The zero-order valence-electron chi connectivity index (χ0n) is 11.4. The molecule has 0 radical (unpaired) electrons. The highest BCUT2D eigenvalue weighted by Crippen LogP contribution is 2.34. The van der Waals surface area contributed by atoms with Gasteiger partial charge in [-0.3, -0.25) is 5.10 Å². The van der Waals surface area contributed by atoms with Crippen molar-refractivity contribution in [1.29, 1.82) is 0 Å². The van der Waals surface area contributed by atoms with Gasteiger partial charge in [0.1, 0.15) is 16.7 Å². The predicted molar refractivity (Wildman–Crippen MR) is 87.6 cm³/mol. The normalized spacial score (nSPS) is 10.9. The number of benzene rings is 1. The number of methoxy groups -OCH3 is 1. The molecule has 21 heavy (non-hydrogen) atoms. The van der Waals surface area contributed by atoms with Crippen LogP contribution in [0, 0.1) is 6.92 Å². The van der Waals surface area contributed by atoms with E-state index in [0.717, 1.165) is 26.7 Å². The Morgan fingerprint density at radius 1 is 1.24 bits per heavy atom. The van der Waals surface area contributed by atoms with Crippen LogP contribution in [0.15, 0.2) is 28.7 Å². The molecule has 0 unspecified atom stereocenters. The minimum absolute atomic E-state index is 0.422. The van der Waals surface area contributed by atoms with Gasteiger partial charge in [0.15, 0.2) is 5.82 Å². The first kappa shape index (κ1) is 14.2. The largest absolute Gasteiger partial charge is 0.496 e. The molecule has 7 heteroatoms. The number of rotatable bonds is 3. The lowest BCUT2D eigenvalue weighted by atomic mass is 10.1. The predicted octanol–water partition coefficient (Wildman–Crippen LogP) is 4.43. The number of anilines is 2. The summed E-state index contributed by atoms with van der Waals surface area (Å²) in [6.07, 6.45) is 0. The molecular formula is C14H12BrClN4O. The maximum Gasteiger partial charge on any atom is 0.153 e. The van der Waals surface area contributed by atoms with Crippen molar-refractivity contribution in [2.75, 3.05) is 12.4 Å². The van der Waals surface area contributed by atoms with Crippen molar-refractivity contribution in [3.63, 3.8) is 0 Å². The van der Waals surface area contributed by atoms with Gasteiger partial charge in [-0.15, -0.1) is 0 Å². The molecule has 0 bridgehead atoms. The molecular weight excluding hydrogens is 356 g/mol. The summed E-state index contributed by atoms with van der Waals surface area (Å²) < 4.78 is 6.14. The van der Waals surface area contributed by atoms with Gasteiger partial charge in [-0.25, -0.2) is 4.98 Å². The number of nitrogens with one attached hydrogen (secondary N) is 2. The number of aromatic amines is 1. The SMILES string of the molecule is COc1cc2cc(Nc3cc(C)[nH]n3)nc(Cl)c2cc1Br. The average Bonchev–Trinajstić information content (AvgIpc) is 2.84. The van der Waals surface area contributed by atoms with Crippen LogP contribution in [0.1, 0.15) is 5.69 Å². The van der Waals surface area contributed by atoms with Crippen molar-refractivity contribution in [2.45, 2.75) is 6.92 Å². The zero-order valence-corrected chi connectivity index (χ0v) is 13.7. The molecule has 0 fully saturated rings. The van der Waals surface area contributed by atoms with E-state index >= 15 is 0 Å². The molecule has 0 aliphatic carbocycles. The van der Waals surface area contributed by atoms with Crippen LogP contribution >= 0.6 is 27.5 Å². The van der Waals surface area contributed by atoms with Crippen LogP contribution in [0.25, 0.3) is 10.8 Å². The highest BCUT2D eigenvalue weighted by molar-refractivity contribution is 9.10. The number of hydrogen-bond acceptors (Lipinski definition) is 4. The van der Waals surface area contributed by atoms with Gasteiger partial charge in [-0.1, -0.05) is 11.6 Å². The Bertz CT molecular complexity index is 818. The molecule has 2 N–H and O–H groups in total. The lowest BCUT2D eigenvalue weighted by Crippen LogP contribution is -1.95. The Kier molecular flexibility index (Phi) is 3.73. The molecule has 0 saturated heterocycles. The molecule has 0 amide bonds. The van der Waals surface area contributed by atoms with E-state index < -0.39 is 0 Å². The first-order valence-electron chi connectivity index (χ1n) is 6.19. The van der Waals surface area contributed by atoms with Crippen molar-refractivity contribution in [3.05, 3.63) is 39.6 Å². The van der Waals surface area contributed by atoms with Crippen molar-refractivity contribution in [3.8, 4) is 5.75 Å². The monoisotopic (exact) mass is 366 g/mol. The van der Waals surface area contributed by atoms with E-state index in [-0.39, 0.29) is 0 Å². The topological polar surface area (TPSA) is 62.8 Å². The molecule has 3 aromatic rings. The second-order valence-corrected chi connectivity index (χ2v) is 5.78. The first-order chi connectivity index (χ1) is 10.1. The minimum atomic E-state index is 0.422. The number of ether oxygens (including phenoxy) is 1.